The van der Waals surface area contributed by atoms with Crippen LogP contribution in [0.25, 0.3) is 10.6 Å². The van der Waals surface area contributed by atoms with Gasteiger partial charge in [-0.3, -0.25) is 9.80 Å². The van der Waals surface area contributed by atoms with Gasteiger partial charge in [-0.1, -0.05) is 6.07 Å². The van der Waals surface area contributed by atoms with Crippen LogP contribution >= 0.6 is 11.3 Å². The second-order valence-corrected chi connectivity index (χ2v) is 9.74. The minimum Gasteiger partial charge on any atom is -0.493 e. The maximum Gasteiger partial charge on any atom is 0.170 e. The third-order valence-corrected chi connectivity index (χ3v) is 7.21. The summed E-state index contributed by atoms with van der Waals surface area (Å²) < 4.78 is 16.9. The second kappa shape index (κ2) is 10.3. The summed E-state index contributed by atoms with van der Waals surface area (Å²) in [7, 11) is 3.34. The van der Waals surface area contributed by atoms with Crippen molar-refractivity contribution in [2.45, 2.75) is 45.4 Å². The largest absolute Gasteiger partial charge is 0.493 e. The Kier molecular flexibility index (Phi) is 7.48. The first-order valence-electron chi connectivity index (χ1n) is 11.3. The van der Waals surface area contributed by atoms with E-state index < -0.39 is 0 Å². The first-order chi connectivity index (χ1) is 15.1. The Balaban J connectivity index is 1.31. The fourth-order valence-electron chi connectivity index (χ4n) is 4.91. The van der Waals surface area contributed by atoms with Gasteiger partial charge in [0, 0.05) is 31.6 Å². The van der Waals surface area contributed by atoms with Crippen molar-refractivity contribution in [3.63, 3.8) is 0 Å². The number of hydrogen-bond acceptors (Lipinski definition) is 7. The maximum absolute atomic E-state index is 5.88. The summed E-state index contributed by atoms with van der Waals surface area (Å²) in [5, 5.41) is 3.16. The van der Waals surface area contributed by atoms with Crippen molar-refractivity contribution in [1.29, 1.82) is 0 Å². The Morgan fingerprint density at radius 2 is 1.81 bits per heavy atom. The predicted molar refractivity (Wildman–Crippen MR) is 125 cm³/mol. The summed E-state index contributed by atoms with van der Waals surface area (Å²) in [4.78, 5) is 10.1. The van der Waals surface area contributed by atoms with Gasteiger partial charge in [-0.15, -0.1) is 11.3 Å². The third kappa shape index (κ3) is 5.58. The Morgan fingerprint density at radius 1 is 1.06 bits per heavy atom. The van der Waals surface area contributed by atoms with Crippen molar-refractivity contribution >= 4 is 11.3 Å². The molecule has 2 fully saturated rings. The topological polar surface area (TPSA) is 47.1 Å². The van der Waals surface area contributed by atoms with Crippen molar-refractivity contribution < 1.29 is 14.2 Å². The fourth-order valence-corrected chi connectivity index (χ4v) is 5.75. The number of benzene rings is 1. The Labute approximate surface area is 190 Å². The van der Waals surface area contributed by atoms with Crippen LogP contribution in [-0.4, -0.2) is 73.9 Å². The van der Waals surface area contributed by atoms with E-state index in [9.17, 15) is 0 Å². The van der Waals surface area contributed by atoms with E-state index in [4.69, 9.17) is 19.2 Å². The average molecular weight is 446 g/mol. The Morgan fingerprint density at radius 3 is 2.48 bits per heavy atom. The predicted octanol–water partition coefficient (Wildman–Crippen LogP) is 4.15. The zero-order valence-electron chi connectivity index (χ0n) is 19.2. The number of nitrogens with zero attached hydrogens (tertiary/aromatic N) is 3. The van der Waals surface area contributed by atoms with Crippen LogP contribution in [0.4, 0.5) is 0 Å². The molecule has 1 aromatic carbocycles. The molecule has 0 aliphatic carbocycles. The van der Waals surface area contributed by atoms with Crippen molar-refractivity contribution in [3.8, 4) is 22.1 Å². The van der Waals surface area contributed by atoms with Crippen molar-refractivity contribution in [2.75, 3.05) is 46.9 Å². The summed E-state index contributed by atoms with van der Waals surface area (Å²) in [6.45, 7) is 10.9. The highest BCUT2D eigenvalue weighted by Crippen LogP contribution is 2.39. The molecule has 0 N–H and O–H groups in total. The zero-order valence-corrected chi connectivity index (χ0v) is 20.0. The minimum absolute atomic E-state index is 0.353. The summed E-state index contributed by atoms with van der Waals surface area (Å²) in [6.07, 6.45) is 3.23. The van der Waals surface area contributed by atoms with E-state index in [2.05, 4.69) is 29.0 Å². The van der Waals surface area contributed by atoms with Crippen LogP contribution in [0.3, 0.4) is 0 Å². The van der Waals surface area contributed by atoms with E-state index in [1.54, 1.807) is 25.6 Å². The number of morpholine rings is 1. The van der Waals surface area contributed by atoms with E-state index in [0.29, 0.717) is 12.2 Å². The highest BCUT2D eigenvalue weighted by Gasteiger charge is 2.27. The normalized spacial score (nSPS) is 23.7. The van der Waals surface area contributed by atoms with Gasteiger partial charge < -0.3 is 14.2 Å². The number of rotatable bonds is 7. The van der Waals surface area contributed by atoms with Gasteiger partial charge in [-0.2, -0.15) is 0 Å². The molecule has 1 aromatic heterocycles. The van der Waals surface area contributed by atoms with Crippen LogP contribution in [0.5, 0.6) is 11.5 Å². The molecular formula is C24H35N3O3S. The van der Waals surface area contributed by atoms with E-state index in [1.807, 2.05) is 18.2 Å². The fraction of sp³-hybridized carbons (Fsp3) is 0.625. The molecular weight excluding hydrogens is 410 g/mol. The minimum atomic E-state index is 0.353. The first-order valence-corrected chi connectivity index (χ1v) is 12.2. The van der Waals surface area contributed by atoms with Gasteiger partial charge in [-0.25, -0.2) is 4.98 Å². The monoisotopic (exact) mass is 445 g/mol. The van der Waals surface area contributed by atoms with Gasteiger partial charge in [0.2, 0.25) is 0 Å². The van der Waals surface area contributed by atoms with Crippen LogP contribution in [0.2, 0.25) is 0 Å². The first kappa shape index (κ1) is 22.5. The highest BCUT2D eigenvalue weighted by atomic mass is 32.1. The molecule has 2 aliphatic heterocycles. The van der Waals surface area contributed by atoms with Crippen LogP contribution in [0.15, 0.2) is 23.6 Å². The average Bonchev–Trinajstić information content (AvgIpc) is 3.22. The van der Waals surface area contributed by atoms with Gasteiger partial charge in [0.15, 0.2) is 11.5 Å². The number of ether oxygens (including phenoxy) is 3. The lowest BCUT2D eigenvalue weighted by Crippen LogP contribution is -2.48. The molecule has 0 amide bonds. The standard InChI is InChI=1S/C24H35N3O3S/c1-17-12-27(13-18(2)30-17)14-19-8-10-26(11-9-19)15-20-16-31-24(25-20)21-6-5-7-22(28-3)23(21)29-4/h5-7,16-19H,8-15H2,1-4H3. The number of hydrogen-bond donors (Lipinski definition) is 0. The van der Waals surface area contributed by atoms with Crippen molar-refractivity contribution in [2.24, 2.45) is 5.92 Å². The van der Waals surface area contributed by atoms with Crippen LogP contribution in [0.1, 0.15) is 32.4 Å². The quantitative estimate of drug-likeness (QED) is 0.638. The summed E-state index contributed by atoms with van der Waals surface area (Å²) in [6, 6.07) is 5.94. The molecule has 170 valence electrons. The number of aromatic nitrogens is 1. The second-order valence-electron chi connectivity index (χ2n) is 8.88. The molecule has 2 aliphatic rings. The molecule has 0 bridgehead atoms. The molecule has 2 aromatic rings. The molecule has 31 heavy (non-hydrogen) atoms. The number of para-hydroxylation sites is 1. The van der Waals surface area contributed by atoms with Gasteiger partial charge in [0.25, 0.3) is 0 Å². The summed E-state index contributed by atoms with van der Waals surface area (Å²) in [5.41, 5.74) is 2.13. The molecule has 0 spiro atoms. The number of methoxy groups -OCH3 is 2. The zero-order chi connectivity index (χ0) is 21.8. The molecule has 3 heterocycles. The van der Waals surface area contributed by atoms with E-state index in [-0.39, 0.29) is 0 Å². The maximum atomic E-state index is 5.88. The van der Waals surface area contributed by atoms with E-state index >= 15 is 0 Å². The Bertz CT molecular complexity index is 840. The molecule has 0 radical (unpaired) electrons. The van der Waals surface area contributed by atoms with Crippen molar-refractivity contribution in [1.82, 2.24) is 14.8 Å². The van der Waals surface area contributed by atoms with Gasteiger partial charge in [0.1, 0.15) is 5.01 Å². The van der Waals surface area contributed by atoms with E-state index in [1.165, 1.54) is 19.4 Å². The van der Waals surface area contributed by atoms with Crippen LogP contribution in [-0.2, 0) is 11.3 Å². The van der Waals surface area contributed by atoms with Crippen LogP contribution in [0, 0.1) is 5.92 Å². The molecule has 2 saturated heterocycles. The molecule has 2 unspecified atom stereocenters. The summed E-state index contributed by atoms with van der Waals surface area (Å²) >= 11 is 1.67. The van der Waals surface area contributed by atoms with Crippen molar-refractivity contribution in [3.05, 3.63) is 29.3 Å². The summed E-state index contributed by atoms with van der Waals surface area (Å²) in [5.74, 6) is 2.28. The number of thiazole rings is 1. The lowest BCUT2D eigenvalue weighted by Gasteiger charge is -2.39. The molecule has 6 nitrogen and oxygen atoms in total. The SMILES string of the molecule is COc1cccc(-c2nc(CN3CCC(CN4CC(C)OC(C)C4)CC3)cs2)c1OC. The van der Waals surface area contributed by atoms with Crippen LogP contribution < -0.4 is 9.47 Å². The van der Waals surface area contributed by atoms with Gasteiger partial charge >= 0.3 is 0 Å². The number of likely N-dealkylation sites (tertiary alicyclic amines) is 1. The van der Waals surface area contributed by atoms with E-state index in [0.717, 1.165) is 66.4 Å². The smallest absolute Gasteiger partial charge is 0.170 e. The third-order valence-electron chi connectivity index (χ3n) is 6.29. The Hall–Kier alpha value is -1.67. The molecule has 0 saturated carbocycles. The molecule has 2 atom stereocenters. The van der Waals surface area contributed by atoms with Gasteiger partial charge in [0.05, 0.1) is 37.7 Å². The molecule has 4 rings (SSSR count). The number of piperidine rings is 1. The van der Waals surface area contributed by atoms with Gasteiger partial charge in [-0.05, 0) is 57.8 Å². The lowest BCUT2D eigenvalue weighted by atomic mass is 9.95. The highest BCUT2D eigenvalue weighted by molar-refractivity contribution is 7.13. The lowest BCUT2D eigenvalue weighted by molar-refractivity contribution is -0.0732. The molecule has 7 heteroatoms.